The van der Waals surface area contributed by atoms with Crippen LogP contribution in [0.15, 0.2) is 0 Å². The van der Waals surface area contributed by atoms with Gasteiger partial charge in [-0.3, -0.25) is 4.79 Å². The van der Waals surface area contributed by atoms with Gasteiger partial charge in [-0.25, -0.2) is 0 Å². The quantitative estimate of drug-likeness (QED) is 0.520. The van der Waals surface area contributed by atoms with Crippen molar-refractivity contribution in [1.29, 1.82) is 0 Å². The smallest absolute Gasteiger partial charge is 0.306 e. The molecule has 1 fully saturated rings. The first-order chi connectivity index (χ1) is 6.33. The van der Waals surface area contributed by atoms with Gasteiger partial charge in [0.2, 0.25) is 0 Å². The molecule has 0 aromatic heterocycles. The number of carbonyl (C=O) groups is 1. The Morgan fingerprint density at radius 1 is 1.54 bits per heavy atom. The number of carbonyl (C=O) groups excluding carboxylic acids is 1. The van der Waals surface area contributed by atoms with Gasteiger partial charge in [0.05, 0.1) is 0 Å². The van der Waals surface area contributed by atoms with Gasteiger partial charge in [-0.15, -0.1) is 0 Å². The lowest BCUT2D eigenvalue weighted by Gasteiger charge is -2.09. The first kappa shape index (κ1) is 10.5. The third-order valence-electron chi connectivity index (χ3n) is 2.30. The number of nitrogens with one attached hydrogen (secondary N) is 1. The Kier molecular flexibility index (Phi) is 4.83. The van der Waals surface area contributed by atoms with Crippen LogP contribution >= 0.6 is 0 Å². The molecule has 3 nitrogen and oxygen atoms in total. The maximum atomic E-state index is 11.2. The summed E-state index contributed by atoms with van der Waals surface area (Å²) in [5.41, 5.74) is 0. The van der Waals surface area contributed by atoms with E-state index in [1.54, 1.807) is 0 Å². The van der Waals surface area contributed by atoms with Gasteiger partial charge in [-0.2, -0.15) is 0 Å². The second kappa shape index (κ2) is 5.97. The Labute approximate surface area is 79.8 Å². The van der Waals surface area contributed by atoms with Gasteiger partial charge >= 0.3 is 5.97 Å². The monoisotopic (exact) mass is 185 g/mol. The van der Waals surface area contributed by atoms with E-state index in [2.05, 4.69) is 12.2 Å². The topological polar surface area (TPSA) is 38.3 Å². The summed E-state index contributed by atoms with van der Waals surface area (Å²) in [4.78, 5) is 11.2. The molecule has 0 aromatic carbocycles. The van der Waals surface area contributed by atoms with E-state index < -0.39 is 0 Å². The summed E-state index contributed by atoms with van der Waals surface area (Å²) in [6.07, 6.45) is 4.93. The second-order valence-corrected chi connectivity index (χ2v) is 3.56. The van der Waals surface area contributed by atoms with Crippen molar-refractivity contribution in [2.24, 2.45) is 0 Å². The van der Waals surface area contributed by atoms with Crippen LogP contribution in [0.1, 0.15) is 39.0 Å². The Hall–Kier alpha value is -0.570. The fourth-order valence-corrected chi connectivity index (χ4v) is 1.49. The minimum atomic E-state index is -0.0258. The summed E-state index contributed by atoms with van der Waals surface area (Å²) in [7, 11) is 0. The van der Waals surface area contributed by atoms with Gasteiger partial charge in [0.25, 0.3) is 0 Å². The highest BCUT2D eigenvalue weighted by Gasteiger charge is 2.17. The van der Waals surface area contributed by atoms with Crippen LogP contribution in [0.4, 0.5) is 0 Å². The molecule has 1 N–H and O–H groups in total. The SMILES string of the molecule is CCCCCC(=O)O[C@@H]1CCNC1. The predicted octanol–water partition coefficient (Wildman–Crippen LogP) is 1.47. The average molecular weight is 185 g/mol. The van der Waals surface area contributed by atoms with Gasteiger partial charge in [-0.1, -0.05) is 19.8 Å². The van der Waals surface area contributed by atoms with Crippen molar-refractivity contribution in [2.45, 2.75) is 45.1 Å². The maximum absolute atomic E-state index is 11.2. The van der Waals surface area contributed by atoms with Gasteiger partial charge in [-0.05, 0) is 19.4 Å². The minimum absolute atomic E-state index is 0.0258. The van der Waals surface area contributed by atoms with Crippen LogP contribution in [0.5, 0.6) is 0 Å². The zero-order chi connectivity index (χ0) is 9.52. The molecule has 1 heterocycles. The fourth-order valence-electron chi connectivity index (χ4n) is 1.49. The molecule has 0 saturated carbocycles. The highest BCUT2D eigenvalue weighted by Crippen LogP contribution is 2.07. The van der Waals surface area contributed by atoms with E-state index in [1.807, 2.05) is 0 Å². The Balaban J connectivity index is 2.02. The Morgan fingerprint density at radius 2 is 2.38 bits per heavy atom. The molecule has 1 aliphatic heterocycles. The molecule has 3 heteroatoms. The molecule has 0 radical (unpaired) electrons. The largest absolute Gasteiger partial charge is 0.461 e. The van der Waals surface area contributed by atoms with Gasteiger partial charge in [0.1, 0.15) is 6.10 Å². The predicted molar refractivity (Wildman–Crippen MR) is 51.5 cm³/mol. The average Bonchev–Trinajstić information content (AvgIpc) is 2.57. The van der Waals surface area contributed by atoms with Crippen molar-refractivity contribution in [3.63, 3.8) is 0 Å². The molecular formula is C10H19NO2. The van der Waals surface area contributed by atoms with Crippen LogP contribution in [0.25, 0.3) is 0 Å². The van der Waals surface area contributed by atoms with Crippen molar-refractivity contribution < 1.29 is 9.53 Å². The van der Waals surface area contributed by atoms with Crippen molar-refractivity contribution >= 4 is 5.97 Å². The summed E-state index contributed by atoms with van der Waals surface area (Å²) >= 11 is 0. The van der Waals surface area contributed by atoms with Crippen molar-refractivity contribution in [3.8, 4) is 0 Å². The standard InChI is InChI=1S/C10H19NO2/c1-2-3-4-5-10(12)13-9-6-7-11-8-9/h9,11H,2-8H2,1H3/t9-/m1/s1. The third-order valence-corrected chi connectivity index (χ3v) is 2.30. The highest BCUT2D eigenvalue weighted by atomic mass is 16.5. The minimum Gasteiger partial charge on any atom is -0.461 e. The van der Waals surface area contributed by atoms with E-state index in [0.717, 1.165) is 38.8 Å². The van der Waals surface area contributed by atoms with Crippen LogP contribution in [0, 0.1) is 0 Å². The normalized spacial score (nSPS) is 21.8. The Morgan fingerprint density at radius 3 is 3.00 bits per heavy atom. The summed E-state index contributed by atoms with van der Waals surface area (Å²) in [6, 6.07) is 0. The maximum Gasteiger partial charge on any atom is 0.306 e. The first-order valence-corrected chi connectivity index (χ1v) is 5.23. The van der Waals surface area contributed by atoms with E-state index in [-0.39, 0.29) is 12.1 Å². The zero-order valence-corrected chi connectivity index (χ0v) is 8.34. The van der Waals surface area contributed by atoms with E-state index in [0.29, 0.717) is 6.42 Å². The summed E-state index contributed by atoms with van der Waals surface area (Å²) in [5, 5.41) is 3.17. The molecular weight excluding hydrogens is 166 g/mol. The zero-order valence-electron chi connectivity index (χ0n) is 8.34. The van der Waals surface area contributed by atoms with Crippen LogP contribution in [-0.2, 0) is 9.53 Å². The molecule has 0 aromatic rings. The molecule has 1 aliphatic rings. The van der Waals surface area contributed by atoms with Gasteiger partial charge < -0.3 is 10.1 Å². The summed E-state index contributed by atoms with van der Waals surface area (Å²) in [5.74, 6) is -0.0258. The number of ether oxygens (including phenoxy) is 1. The number of hydrogen-bond acceptors (Lipinski definition) is 3. The molecule has 0 spiro atoms. The van der Waals surface area contributed by atoms with Crippen LogP contribution in [0.2, 0.25) is 0 Å². The first-order valence-electron chi connectivity index (χ1n) is 5.23. The van der Waals surface area contributed by atoms with Crippen molar-refractivity contribution in [3.05, 3.63) is 0 Å². The van der Waals surface area contributed by atoms with Gasteiger partial charge in [0, 0.05) is 13.0 Å². The molecule has 1 atom stereocenters. The van der Waals surface area contributed by atoms with Crippen LogP contribution in [0.3, 0.4) is 0 Å². The van der Waals surface area contributed by atoms with Crippen LogP contribution in [-0.4, -0.2) is 25.2 Å². The molecule has 1 saturated heterocycles. The lowest BCUT2D eigenvalue weighted by atomic mass is 10.2. The van der Waals surface area contributed by atoms with Crippen molar-refractivity contribution in [2.75, 3.05) is 13.1 Å². The fraction of sp³-hybridized carbons (Fsp3) is 0.900. The molecule has 0 bridgehead atoms. The Bertz CT molecular complexity index is 153. The number of unbranched alkanes of at least 4 members (excludes halogenated alkanes) is 2. The molecule has 13 heavy (non-hydrogen) atoms. The molecule has 76 valence electrons. The summed E-state index contributed by atoms with van der Waals surface area (Å²) in [6.45, 7) is 3.94. The van der Waals surface area contributed by atoms with E-state index in [4.69, 9.17) is 4.74 Å². The lowest BCUT2D eigenvalue weighted by Crippen LogP contribution is -2.20. The van der Waals surface area contributed by atoms with E-state index >= 15 is 0 Å². The van der Waals surface area contributed by atoms with E-state index in [1.165, 1.54) is 0 Å². The molecule has 1 rings (SSSR count). The molecule has 0 aliphatic carbocycles. The molecule has 0 unspecified atom stereocenters. The lowest BCUT2D eigenvalue weighted by molar-refractivity contribution is -0.148. The van der Waals surface area contributed by atoms with Crippen molar-refractivity contribution in [1.82, 2.24) is 5.32 Å². The highest BCUT2D eigenvalue weighted by molar-refractivity contribution is 5.69. The third kappa shape index (κ3) is 4.27. The molecule has 0 amide bonds. The van der Waals surface area contributed by atoms with E-state index in [9.17, 15) is 4.79 Å². The number of esters is 1. The van der Waals surface area contributed by atoms with Crippen LogP contribution < -0.4 is 5.32 Å². The second-order valence-electron chi connectivity index (χ2n) is 3.56. The number of rotatable bonds is 5. The summed E-state index contributed by atoms with van der Waals surface area (Å²) < 4.78 is 5.26. The van der Waals surface area contributed by atoms with Gasteiger partial charge in [0.15, 0.2) is 0 Å². The number of hydrogen-bond donors (Lipinski definition) is 1.